The summed E-state index contributed by atoms with van der Waals surface area (Å²) in [5.74, 6) is 0.753. The Morgan fingerprint density at radius 1 is 1.29 bits per heavy atom. The summed E-state index contributed by atoms with van der Waals surface area (Å²) < 4.78 is 0. The van der Waals surface area contributed by atoms with E-state index in [1.54, 1.807) is 6.08 Å². The third-order valence-electron chi connectivity index (χ3n) is 6.15. The van der Waals surface area contributed by atoms with Crippen LogP contribution in [-0.4, -0.2) is 71.5 Å². The van der Waals surface area contributed by atoms with Gasteiger partial charge in [0.2, 0.25) is 0 Å². The fourth-order valence-corrected chi connectivity index (χ4v) is 4.73. The summed E-state index contributed by atoms with van der Waals surface area (Å²) >= 11 is 6.47. The maximum Gasteiger partial charge on any atom is 0.251 e. The molecule has 8 heteroatoms. The van der Waals surface area contributed by atoms with E-state index in [-0.39, 0.29) is 42.1 Å². The lowest BCUT2D eigenvalue weighted by atomic mass is 9.98. The molecule has 5 N–H and O–H groups in total. The molecule has 0 saturated heterocycles. The highest BCUT2D eigenvalue weighted by Gasteiger charge is 2.26. The molecule has 1 amide bonds. The molecule has 186 valence electrons. The second-order valence-electron chi connectivity index (χ2n) is 9.57. The van der Waals surface area contributed by atoms with Gasteiger partial charge in [-0.25, -0.2) is 0 Å². The Bertz CT molecular complexity index is 926. The van der Waals surface area contributed by atoms with Crippen molar-refractivity contribution in [3.05, 3.63) is 59.2 Å². The van der Waals surface area contributed by atoms with E-state index in [4.69, 9.17) is 22.3 Å². The van der Waals surface area contributed by atoms with Gasteiger partial charge in [-0.2, -0.15) is 0 Å². The van der Waals surface area contributed by atoms with Crippen molar-refractivity contribution in [3.63, 3.8) is 0 Å². The fourth-order valence-electron chi connectivity index (χ4n) is 4.44. The molecule has 0 fully saturated rings. The van der Waals surface area contributed by atoms with Gasteiger partial charge in [0.15, 0.2) is 0 Å². The number of aliphatic hydroxyl groups is 1. The van der Waals surface area contributed by atoms with Gasteiger partial charge < -0.3 is 26.4 Å². The van der Waals surface area contributed by atoms with Gasteiger partial charge in [0.05, 0.1) is 17.5 Å². The number of benzene rings is 1. The predicted molar refractivity (Wildman–Crippen MR) is 139 cm³/mol. The van der Waals surface area contributed by atoms with Crippen molar-refractivity contribution < 1.29 is 9.90 Å². The van der Waals surface area contributed by atoms with Crippen molar-refractivity contribution in [2.75, 3.05) is 20.2 Å². The number of hydrogen-bond acceptors (Lipinski definition) is 6. The molecule has 1 aromatic carbocycles. The van der Waals surface area contributed by atoms with E-state index in [2.05, 4.69) is 53.6 Å². The van der Waals surface area contributed by atoms with Crippen LogP contribution in [0.2, 0.25) is 0 Å². The number of rotatable bonds is 10. The van der Waals surface area contributed by atoms with Crippen LogP contribution in [-0.2, 0) is 11.2 Å². The lowest BCUT2D eigenvalue weighted by Gasteiger charge is -2.25. The zero-order valence-electron chi connectivity index (χ0n) is 20.5. The van der Waals surface area contributed by atoms with Crippen LogP contribution in [0.4, 0.5) is 0 Å². The minimum atomic E-state index is -0.294. The Morgan fingerprint density at radius 3 is 2.56 bits per heavy atom. The molecular formula is C26H38ClN5O2. The van der Waals surface area contributed by atoms with Gasteiger partial charge in [0, 0.05) is 43.9 Å². The van der Waals surface area contributed by atoms with Crippen LogP contribution < -0.4 is 16.4 Å². The summed E-state index contributed by atoms with van der Waals surface area (Å²) in [7, 11) is 2.02. The average molecular weight is 488 g/mol. The van der Waals surface area contributed by atoms with Gasteiger partial charge in [-0.3, -0.25) is 9.79 Å². The van der Waals surface area contributed by atoms with Gasteiger partial charge in [0.25, 0.3) is 5.91 Å². The first-order valence-corrected chi connectivity index (χ1v) is 12.5. The largest absolute Gasteiger partial charge is 0.396 e. The number of carbonyl (C=O) groups is 1. The summed E-state index contributed by atoms with van der Waals surface area (Å²) in [4.78, 5) is 19.8. The first-order chi connectivity index (χ1) is 16.2. The molecule has 34 heavy (non-hydrogen) atoms. The molecule has 0 bridgehead atoms. The van der Waals surface area contributed by atoms with Gasteiger partial charge in [-0.15, -0.1) is 11.6 Å². The van der Waals surface area contributed by atoms with Crippen LogP contribution in [0.5, 0.6) is 0 Å². The Labute approximate surface area is 208 Å². The van der Waals surface area contributed by atoms with Crippen LogP contribution in [0.3, 0.4) is 0 Å². The second-order valence-corrected chi connectivity index (χ2v) is 10.1. The quantitative estimate of drug-likeness (QED) is 0.379. The minimum absolute atomic E-state index is 0.000393. The molecular weight excluding hydrogens is 450 g/mol. The topological polar surface area (TPSA) is 103 Å². The Balaban J connectivity index is 1.61. The smallest absolute Gasteiger partial charge is 0.251 e. The van der Waals surface area contributed by atoms with Gasteiger partial charge >= 0.3 is 0 Å². The summed E-state index contributed by atoms with van der Waals surface area (Å²) in [5.41, 5.74) is 8.80. The number of halogens is 1. The summed E-state index contributed by atoms with van der Waals surface area (Å²) in [5, 5.41) is 15.7. The predicted octanol–water partition coefficient (Wildman–Crippen LogP) is 2.30. The molecule has 0 saturated carbocycles. The van der Waals surface area contributed by atoms with Crippen molar-refractivity contribution in [2.24, 2.45) is 10.7 Å². The molecule has 7 nitrogen and oxygen atoms in total. The van der Waals surface area contributed by atoms with E-state index in [1.165, 1.54) is 0 Å². The molecule has 1 aliphatic heterocycles. The standard InChI is InChI=1S/C26H38ClN5O2/c1-16(2)29-23-10-9-20(14-22(23)27)26(34)30-21(11-12-33)13-18-5-7-19(8-6-18)24-15-32(4)25(31-24)17(3)28/h5-10,14,16-17,21-24,29,33H,11-13,15,28H2,1-4H3,(H,30,34)/t17?,21-,22?,23?,24?/m1/s1. The molecule has 5 atom stereocenters. The highest BCUT2D eigenvalue weighted by Crippen LogP contribution is 2.25. The summed E-state index contributed by atoms with van der Waals surface area (Å²) in [6.45, 7) is 6.89. The molecule has 4 unspecified atom stereocenters. The van der Waals surface area contributed by atoms with E-state index in [1.807, 2.05) is 26.1 Å². The first kappa shape index (κ1) is 26.4. The molecule has 3 rings (SSSR count). The first-order valence-electron chi connectivity index (χ1n) is 12.0. The monoisotopic (exact) mass is 487 g/mol. The van der Waals surface area contributed by atoms with E-state index < -0.39 is 0 Å². The third-order valence-corrected chi connectivity index (χ3v) is 6.54. The molecule has 1 aromatic rings. The van der Waals surface area contributed by atoms with Crippen LogP contribution >= 0.6 is 11.6 Å². The van der Waals surface area contributed by atoms with Crippen molar-refractivity contribution in [1.82, 2.24) is 15.5 Å². The number of nitrogens with two attached hydrogens (primary N) is 1. The van der Waals surface area contributed by atoms with E-state index in [0.29, 0.717) is 24.5 Å². The highest BCUT2D eigenvalue weighted by molar-refractivity contribution is 6.23. The van der Waals surface area contributed by atoms with Crippen LogP contribution in [0.25, 0.3) is 0 Å². The zero-order chi connectivity index (χ0) is 24.8. The maximum atomic E-state index is 12.9. The zero-order valence-corrected chi connectivity index (χ0v) is 21.3. The SMILES string of the molecule is CC(C)NC1C=CC(C(=O)N[C@H](CCO)Cc2ccc(C3CN(C)C(C(C)N)=N3)cc2)=CC1Cl. The van der Waals surface area contributed by atoms with Crippen molar-refractivity contribution >= 4 is 23.3 Å². The number of hydrogen-bond donors (Lipinski definition) is 4. The number of nitrogens with one attached hydrogen (secondary N) is 2. The number of likely N-dealkylation sites (N-methyl/N-ethyl adjacent to an activating group) is 1. The normalized spacial score (nSPS) is 24.1. The van der Waals surface area contributed by atoms with Crippen LogP contribution in [0.1, 0.15) is 44.4 Å². The minimum Gasteiger partial charge on any atom is -0.396 e. The van der Waals surface area contributed by atoms with Crippen LogP contribution in [0, 0.1) is 0 Å². The lowest BCUT2D eigenvalue weighted by Crippen LogP contribution is -2.42. The Hall–Kier alpha value is -2.19. The van der Waals surface area contributed by atoms with E-state index in [0.717, 1.165) is 23.5 Å². The molecule has 0 radical (unpaired) electrons. The summed E-state index contributed by atoms with van der Waals surface area (Å²) in [6.07, 6.45) is 6.64. The second kappa shape index (κ2) is 12.0. The average Bonchev–Trinajstić information content (AvgIpc) is 3.17. The van der Waals surface area contributed by atoms with E-state index in [9.17, 15) is 9.90 Å². The molecule has 1 aliphatic carbocycles. The fraction of sp³-hybridized carbons (Fsp3) is 0.538. The van der Waals surface area contributed by atoms with Gasteiger partial charge in [-0.1, -0.05) is 56.3 Å². The van der Waals surface area contributed by atoms with Crippen molar-refractivity contribution in [3.8, 4) is 0 Å². The van der Waals surface area contributed by atoms with Crippen LogP contribution in [0.15, 0.2) is 53.1 Å². The number of aliphatic imine (C=N–C) groups is 1. The Morgan fingerprint density at radius 2 is 2.00 bits per heavy atom. The van der Waals surface area contributed by atoms with E-state index >= 15 is 0 Å². The lowest BCUT2D eigenvalue weighted by molar-refractivity contribution is -0.118. The van der Waals surface area contributed by atoms with Gasteiger partial charge in [0.1, 0.15) is 5.84 Å². The number of nitrogens with zero attached hydrogens (tertiary/aromatic N) is 2. The number of aliphatic hydroxyl groups excluding tert-OH is 1. The highest BCUT2D eigenvalue weighted by atomic mass is 35.5. The van der Waals surface area contributed by atoms with Crippen molar-refractivity contribution in [2.45, 2.75) is 69.2 Å². The number of amides is 1. The molecule has 0 spiro atoms. The molecule has 2 aliphatic rings. The Kier molecular flexibility index (Phi) is 9.31. The maximum absolute atomic E-state index is 12.9. The number of carbonyl (C=O) groups excluding carboxylic acids is 1. The molecule has 0 aromatic heterocycles. The van der Waals surface area contributed by atoms with Crippen molar-refractivity contribution in [1.29, 1.82) is 0 Å². The molecule has 1 heterocycles. The summed E-state index contributed by atoms with van der Waals surface area (Å²) in [6, 6.07) is 8.43. The number of amidine groups is 1. The number of alkyl halides is 1. The van der Waals surface area contributed by atoms with Gasteiger partial charge in [-0.05, 0) is 30.9 Å². The third kappa shape index (κ3) is 6.92.